The first-order chi connectivity index (χ1) is 7.20. The molecule has 1 saturated carbocycles. The van der Waals surface area contributed by atoms with Crippen molar-refractivity contribution in [2.24, 2.45) is 11.8 Å². The third-order valence-electron chi connectivity index (χ3n) is 3.58. The van der Waals surface area contributed by atoms with Crippen LogP contribution in [0.25, 0.3) is 0 Å². The first-order valence-electron chi connectivity index (χ1n) is 5.28. The Morgan fingerprint density at radius 3 is 2.93 bits per heavy atom. The lowest BCUT2D eigenvalue weighted by molar-refractivity contribution is -0.122. The van der Waals surface area contributed by atoms with Gasteiger partial charge < -0.3 is 0 Å². The highest BCUT2D eigenvalue weighted by Gasteiger charge is 2.50. The average molecular weight is 203 g/mol. The highest BCUT2D eigenvalue weighted by Crippen LogP contribution is 2.55. The number of fused-ring (bicyclic) bond motifs is 3. The van der Waals surface area contributed by atoms with Crippen LogP contribution in [0.4, 0.5) is 5.82 Å². The third kappa shape index (κ3) is 1.11. The fourth-order valence-corrected chi connectivity index (χ4v) is 2.54. The number of rotatable bonds is 0. The molecule has 0 N–H and O–H groups in total. The van der Waals surface area contributed by atoms with E-state index in [9.17, 15) is 4.79 Å². The topological polar surface area (TPSA) is 46.1 Å². The number of anilines is 1. The van der Waals surface area contributed by atoms with E-state index in [1.165, 1.54) is 0 Å². The Bertz CT molecular complexity index is 432. The third-order valence-corrected chi connectivity index (χ3v) is 3.58. The lowest BCUT2D eigenvalue weighted by Gasteiger charge is -2.18. The quantitative estimate of drug-likeness (QED) is 0.636. The lowest BCUT2D eigenvalue weighted by atomic mass is 10.0. The van der Waals surface area contributed by atoms with Gasteiger partial charge in [-0.1, -0.05) is 6.92 Å². The molecule has 0 bridgehead atoms. The Hall–Kier alpha value is -1.45. The fourth-order valence-electron chi connectivity index (χ4n) is 2.54. The second-order valence-electron chi connectivity index (χ2n) is 4.46. The minimum atomic E-state index is 0.107. The van der Waals surface area contributed by atoms with Crippen molar-refractivity contribution in [3.8, 4) is 0 Å². The summed E-state index contributed by atoms with van der Waals surface area (Å²) in [5.41, 5.74) is 1.00. The van der Waals surface area contributed by atoms with Gasteiger partial charge in [0.1, 0.15) is 0 Å². The number of aromatic nitrogens is 2. The van der Waals surface area contributed by atoms with E-state index >= 15 is 0 Å². The molecule has 3 rings (SSSR count). The van der Waals surface area contributed by atoms with E-state index in [0.29, 0.717) is 11.8 Å². The second kappa shape index (κ2) is 2.78. The van der Waals surface area contributed by atoms with Crippen molar-refractivity contribution >= 4 is 11.7 Å². The maximum Gasteiger partial charge on any atom is 0.231 e. The molecular weight excluding hydrogens is 190 g/mol. The van der Waals surface area contributed by atoms with E-state index in [1.54, 1.807) is 24.3 Å². The van der Waals surface area contributed by atoms with Crippen molar-refractivity contribution in [1.29, 1.82) is 0 Å². The van der Waals surface area contributed by atoms with Gasteiger partial charge in [-0.2, -0.15) is 0 Å². The summed E-state index contributed by atoms with van der Waals surface area (Å²) >= 11 is 0. The van der Waals surface area contributed by atoms with E-state index < -0.39 is 0 Å². The zero-order valence-corrected chi connectivity index (χ0v) is 8.84. The predicted molar refractivity (Wildman–Crippen MR) is 55.5 cm³/mol. The van der Waals surface area contributed by atoms with Gasteiger partial charge in [0.15, 0.2) is 5.82 Å². The summed E-state index contributed by atoms with van der Waals surface area (Å²) in [6, 6.07) is 0. The van der Waals surface area contributed by atoms with Crippen LogP contribution in [0.15, 0.2) is 12.4 Å². The first-order valence-corrected chi connectivity index (χ1v) is 5.28. The number of hydrogen-bond acceptors (Lipinski definition) is 3. The molecule has 0 aromatic carbocycles. The summed E-state index contributed by atoms with van der Waals surface area (Å²) in [7, 11) is 1.79. The molecule has 2 unspecified atom stereocenters. The van der Waals surface area contributed by atoms with Crippen LogP contribution in [-0.4, -0.2) is 22.9 Å². The molecular formula is C11H13N3O. The highest BCUT2D eigenvalue weighted by atomic mass is 16.2. The van der Waals surface area contributed by atoms with Gasteiger partial charge in [-0.05, 0) is 12.3 Å². The van der Waals surface area contributed by atoms with Crippen molar-refractivity contribution in [2.45, 2.75) is 19.3 Å². The molecule has 0 spiro atoms. The largest absolute Gasteiger partial charge is 0.298 e. The van der Waals surface area contributed by atoms with Crippen LogP contribution in [0.2, 0.25) is 0 Å². The van der Waals surface area contributed by atoms with Crippen LogP contribution in [0, 0.1) is 11.8 Å². The molecule has 1 amide bonds. The van der Waals surface area contributed by atoms with Crippen molar-refractivity contribution in [3.05, 3.63) is 18.1 Å². The normalized spacial score (nSPS) is 33.1. The molecule has 1 aliphatic carbocycles. The molecule has 4 heteroatoms. The maximum atomic E-state index is 12.0. The number of hydrogen-bond donors (Lipinski definition) is 0. The molecule has 0 saturated heterocycles. The Balaban J connectivity index is 2.14. The Morgan fingerprint density at radius 2 is 2.13 bits per heavy atom. The molecule has 78 valence electrons. The molecule has 3 atom stereocenters. The van der Waals surface area contributed by atoms with Gasteiger partial charge in [-0.15, -0.1) is 0 Å². The molecule has 0 radical (unpaired) electrons. The molecule has 1 aliphatic heterocycles. The fraction of sp³-hybridized carbons (Fsp3) is 0.545. The van der Waals surface area contributed by atoms with Gasteiger partial charge in [-0.25, -0.2) is 4.98 Å². The smallest absolute Gasteiger partial charge is 0.231 e. The second-order valence-corrected chi connectivity index (χ2v) is 4.46. The van der Waals surface area contributed by atoms with Crippen LogP contribution in [0.3, 0.4) is 0 Å². The van der Waals surface area contributed by atoms with E-state index in [2.05, 4.69) is 9.97 Å². The SMILES string of the molecule is C[C@H]1C(=O)N(C)c2nccnc2C2CC21. The van der Waals surface area contributed by atoms with Gasteiger partial charge in [0.2, 0.25) is 5.91 Å². The monoisotopic (exact) mass is 203 g/mol. The van der Waals surface area contributed by atoms with Gasteiger partial charge in [0, 0.05) is 31.3 Å². The lowest BCUT2D eigenvalue weighted by Crippen LogP contribution is -2.32. The molecule has 2 heterocycles. The molecule has 1 aromatic rings. The molecule has 1 aromatic heterocycles. The van der Waals surface area contributed by atoms with Crippen LogP contribution < -0.4 is 4.90 Å². The highest BCUT2D eigenvalue weighted by molar-refractivity contribution is 5.95. The first kappa shape index (κ1) is 8.83. The van der Waals surface area contributed by atoms with Crippen molar-refractivity contribution in [2.75, 3.05) is 11.9 Å². The number of amides is 1. The zero-order valence-electron chi connectivity index (χ0n) is 8.84. The van der Waals surface area contributed by atoms with E-state index in [0.717, 1.165) is 17.9 Å². The molecule has 4 nitrogen and oxygen atoms in total. The van der Waals surface area contributed by atoms with Crippen molar-refractivity contribution < 1.29 is 4.79 Å². The van der Waals surface area contributed by atoms with Gasteiger partial charge in [0.25, 0.3) is 0 Å². The zero-order chi connectivity index (χ0) is 10.6. The number of carbonyl (C=O) groups is 1. The van der Waals surface area contributed by atoms with E-state index in [1.807, 2.05) is 6.92 Å². The Labute approximate surface area is 88.3 Å². The summed E-state index contributed by atoms with van der Waals surface area (Å²) in [4.78, 5) is 22.3. The van der Waals surface area contributed by atoms with E-state index in [-0.39, 0.29) is 11.8 Å². The summed E-state index contributed by atoms with van der Waals surface area (Å²) in [6.07, 6.45) is 4.45. The van der Waals surface area contributed by atoms with Crippen LogP contribution in [-0.2, 0) is 4.79 Å². The predicted octanol–water partition coefficient (Wildman–Crippen LogP) is 1.19. The molecule has 2 aliphatic rings. The van der Waals surface area contributed by atoms with Gasteiger partial charge >= 0.3 is 0 Å². The van der Waals surface area contributed by atoms with Crippen LogP contribution in [0.1, 0.15) is 25.0 Å². The van der Waals surface area contributed by atoms with Crippen LogP contribution in [0.5, 0.6) is 0 Å². The molecule has 15 heavy (non-hydrogen) atoms. The Morgan fingerprint density at radius 1 is 1.40 bits per heavy atom. The van der Waals surface area contributed by atoms with Crippen molar-refractivity contribution in [1.82, 2.24) is 9.97 Å². The van der Waals surface area contributed by atoms with E-state index in [4.69, 9.17) is 0 Å². The minimum Gasteiger partial charge on any atom is -0.298 e. The maximum absolute atomic E-state index is 12.0. The van der Waals surface area contributed by atoms with Gasteiger partial charge in [0.05, 0.1) is 5.69 Å². The number of carbonyl (C=O) groups excluding carboxylic acids is 1. The Kier molecular flexibility index (Phi) is 1.63. The summed E-state index contributed by atoms with van der Waals surface area (Å²) in [5, 5.41) is 0. The van der Waals surface area contributed by atoms with Crippen molar-refractivity contribution in [3.63, 3.8) is 0 Å². The molecule has 1 fully saturated rings. The number of nitrogens with zero attached hydrogens (tertiary/aromatic N) is 3. The standard InChI is InChI=1S/C11H13N3O/c1-6-7-5-8(7)9-10(13-4-3-12-9)14(2)11(6)15/h3-4,6-8H,5H2,1-2H3/t6-,7?,8?/m1/s1. The summed E-state index contributed by atoms with van der Waals surface area (Å²) in [6.45, 7) is 2.01. The summed E-state index contributed by atoms with van der Waals surface area (Å²) < 4.78 is 0. The van der Waals surface area contributed by atoms with Crippen LogP contribution >= 0.6 is 0 Å². The average Bonchev–Trinajstić information content (AvgIpc) is 3.05. The minimum absolute atomic E-state index is 0.107. The summed E-state index contributed by atoms with van der Waals surface area (Å²) in [5.74, 6) is 1.97. The van der Waals surface area contributed by atoms with Gasteiger partial charge in [-0.3, -0.25) is 14.7 Å².